The van der Waals surface area contributed by atoms with Gasteiger partial charge in [-0.2, -0.15) is 5.26 Å². The van der Waals surface area contributed by atoms with Crippen molar-refractivity contribution in [2.45, 2.75) is 45.6 Å². The molecule has 0 heterocycles. The lowest BCUT2D eigenvalue weighted by molar-refractivity contribution is 0.341. The molecule has 1 aromatic rings. The van der Waals surface area contributed by atoms with Gasteiger partial charge < -0.3 is 4.90 Å². The Hall–Kier alpha value is -1.49. The number of nitriles is 1. The highest BCUT2D eigenvalue weighted by Crippen LogP contribution is 2.29. The van der Waals surface area contributed by atoms with Crippen molar-refractivity contribution in [2.75, 3.05) is 11.9 Å². The van der Waals surface area contributed by atoms with E-state index in [1.807, 2.05) is 13.0 Å². The Morgan fingerprint density at radius 1 is 1.22 bits per heavy atom. The highest BCUT2D eigenvalue weighted by Gasteiger charge is 2.22. The summed E-state index contributed by atoms with van der Waals surface area (Å²) < 4.78 is 0. The van der Waals surface area contributed by atoms with Gasteiger partial charge in [-0.05, 0) is 62.3 Å². The fourth-order valence-electron chi connectivity index (χ4n) is 2.83. The molecule has 0 radical (unpaired) electrons. The van der Waals surface area contributed by atoms with Crippen LogP contribution in [0.5, 0.6) is 0 Å². The smallest absolute Gasteiger partial charge is 0.0994 e. The van der Waals surface area contributed by atoms with Crippen LogP contribution in [0.25, 0.3) is 0 Å². The summed E-state index contributed by atoms with van der Waals surface area (Å²) in [5, 5.41) is 8.96. The summed E-state index contributed by atoms with van der Waals surface area (Å²) in [5.74, 6) is 0.886. The Bertz CT molecular complexity index is 451. The highest BCUT2D eigenvalue weighted by molar-refractivity contribution is 5.53. The van der Waals surface area contributed by atoms with Crippen molar-refractivity contribution in [3.05, 3.63) is 29.3 Å². The van der Waals surface area contributed by atoms with Crippen LogP contribution in [0.4, 0.5) is 5.69 Å². The van der Waals surface area contributed by atoms with Crippen molar-refractivity contribution >= 4 is 5.69 Å². The molecule has 1 aliphatic rings. The largest absolute Gasteiger partial charge is 0.372 e. The van der Waals surface area contributed by atoms with E-state index in [0.717, 1.165) is 17.0 Å². The van der Waals surface area contributed by atoms with Crippen LogP contribution in [-0.4, -0.2) is 13.1 Å². The van der Waals surface area contributed by atoms with E-state index in [0.29, 0.717) is 6.04 Å². The predicted molar refractivity (Wildman–Crippen MR) is 75.7 cm³/mol. The first-order chi connectivity index (χ1) is 8.61. The molecule has 2 nitrogen and oxygen atoms in total. The second kappa shape index (κ2) is 5.44. The van der Waals surface area contributed by atoms with Crippen molar-refractivity contribution in [3.63, 3.8) is 0 Å². The first-order valence-corrected chi connectivity index (χ1v) is 6.85. The maximum Gasteiger partial charge on any atom is 0.0994 e. The summed E-state index contributed by atoms with van der Waals surface area (Å²) in [5.41, 5.74) is 3.10. The Balaban J connectivity index is 2.11. The lowest BCUT2D eigenvalue weighted by atomic mass is 9.86. The molecule has 1 fully saturated rings. The van der Waals surface area contributed by atoms with E-state index in [-0.39, 0.29) is 0 Å². The van der Waals surface area contributed by atoms with Crippen molar-refractivity contribution in [1.29, 1.82) is 5.26 Å². The maximum absolute atomic E-state index is 8.96. The zero-order valence-corrected chi connectivity index (χ0v) is 11.6. The van der Waals surface area contributed by atoms with Crippen LogP contribution in [0.1, 0.15) is 43.7 Å². The van der Waals surface area contributed by atoms with Crippen LogP contribution >= 0.6 is 0 Å². The molecule has 0 spiro atoms. The normalized spacial score (nSPS) is 23.4. The highest BCUT2D eigenvalue weighted by atomic mass is 15.1. The molecule has 2 rings (SSSR count). The fraction of sp³-hybridized carbons (Fsp3) is 0.562. The molecule has 0 unspecified atom stereocenters. The molecule has 0 aromatic heterocycles. The lowest BCUT2D eigenvalue weighted by Gasteiger charge is -2.35. The van der Waals surface area contributed by atoms with Gasteiger partial charge in [0.15, 0.2) is 0 Å². The third-order valence-corrected chi connectivity index (χ3v) is 4.27. The second-order valence-corrected chi connectivity index (χ2v) is 5.64. The number of rotatable bonds is 2. The van der Waals surface area contributed by atoms with Gasteiger partial charge in [-0.25, -0.2) is 0 Å². The van der Waals surface area contributed by atoms with Gasteiger partial charge in [-0.1, -0.05) is 6.92 Å². The van der Waals surface area contributed by atoms with Gasteiger partial charge in [0.25, 0.3) is 0 Å². The minimum atomic E-state index is 0.661. The molecule has 0 atom stereocenters. The quantitative estimate of drug-likeness (QED) is 0.787. The summed E-state index contributed by atoms with van der Waals surface area (Å²) in [6.07, 6.45) is 5.25. The van der Waals surface area contributed by atoms with Crippen LogP contribution < -0.4 is 4.90 Å². The topological polar surface area (TPSA) is 27.0 Å². The monoisotopic (exact) mass is 242 g/mol. The van der Waals surface area contributed by atoms with Gasteiger partial charge >= 0.3 is 0 Å². The SMILES string of the molecule is Cc1cc(N(C)C2CCC(C)CC2)ccc1C#N. The van der Waals surface area contributed by atoms with Crippen molar-refractivity contribution < 1.29 is 0 Å². The van der Waals surface area contributed by atoms with Crippen molar-refractivity contribution in [1.82, 2.24) is 0 Å². The van der Waals surface area contributed by atoms with Crippen LogP contribution in [0, 0.1) is 24.2 Å². The van der Waals surface area contributed by atoms with Crippen molar-refractivity contribution in [3.8, 4) is 6.07 Å². The van der Waals surface area contributed by atoms with Crippen LogP contribution in [0.2, 0.25) is 0 Å². The first-order valence-electron chi connectivity index (χ1n) is 6.85. The van der Waals surface area contributed by atoms with Gasteiger partial charge in [0.2, 0.25) is 0 Å². The summed E-state index contributed by atoms with van der Waals surface area (Å²) in [4.78, 5) is 2.39. The molecule has 0 amide bonds. The van der Waals surface area contributed by atoms with E-state index in [4.69, 9.17) is 5.26 Å². The summed E-state index contributed by atoms with van der Waals surface area (Å²) in [6, 6.07) is 9.03. The number of hydrogen-bond acceptors (Lipinski definition) is 2. The van der Waals surface area contributed by atoms with Gasteiger partial charge in [-0.15, -0.1) is 0 Å². The molecule has 2 heteroatoms. The molecular weight excluding hydrogens is 220 g/mol. The van der Waals surface area contributed by atoms with E-state index >= 15 is 0 Å². The van der Waals surface area contributed by atoms with Gasteiger partial charge in [-0.3, -0.25) is 0 Å². The minimum absolute atomic E-state index is 0.661. The molecule has 0 aliphatic heterocycles. The lowest BCUT2D eigenvalue weighted by Crippen LogP contribution is -2.34. The zero-order valence-electron chi connectivity index (χ0n) is 11.6. The maximum atomic E-state index is 8.96. The van der Waals surface area contributed by atoms with E-state index in [1.165, 1.54) is 31.4 Å². The number of nitrogens with zero attached hydrogens (tertiary/aromatic N) is 2. The third-order valence-electron chi connectivity index (χ3n) is 4.27. The van der Waals surface area contributed by atoms with Crippen LogP contribution in [0.3, 0.4) is 0 Å². The van der Waals surface area contributed by atoms with E-state index in [9.17, 15) is 0 Å². The van der Waals surface area contributed by atoms with E-state index < -0.39 is 0 Å². The average molecular weight is 242 g/mol. The Kier molecular flexibility index (Phi) is 3.91. The molecular formula is C16H22N2. The number of aryl methyl sites for hydroxylation is 1. The Morgan fingerprint density at radius 3 is 2.44 bits per heavy atom. The average Bonchev–Trinajstić information content (AvgIpc) is 2.38. The standard InChI is InChI=1S/C16H22N2/c1-12-4-7-15(8-5-12)18(3)16-9-6-14(11-17)13(2)10-16/h6,9-10,12,15H,4-5,7-8H2,1-3H3. The van der Waals surface area contributed by atoms with Gasteiger partial charge in [0.05, 0.1) is 11.6 Å². The number of anilines is 1. The van der Waals surface area contributed by atoms with Crippen LogP contribution in [0.15, 0.2) is 18.2 Å². The Labute approximate surface area is 110 Å². The summed E-state index contributed by atoms with van der Waals surface area (Å²) in [6.45, 7) is 4.36. The molecule has 0 bridgehead atoms. The molecule has 96 valence electrons. The third kappa shape index (κ3) is 2.67. The Morgan fingerprint density at radius 2 is 1.89 bits per heavy atom. The molecule has 1 aliphatic carbocycles. The zero-order chi connectivity index (χ0) is 13.1. The van der Waals surface area contributed by atoms with E-state index in [2.05, 4.69) is 37.1 Å². The molecule has 1 aromatic carbocycles. The fourth-order valence-corrected chi connectivity index (χ4v) is 2.83. The minimum Gasteiger partial charge on any atom is -0.372 e. The van der Waals surface area contributed by atoms with E-state index in [1.54, 1.807) is 0 Å². The first kappa shape index (κ1) is 13.0. The molecule has 18 heavy (non-hydrogen) atoms. The van der Waals surface area contributed by atoms with Gasteiger partial charge in [0, 0.05) is 18.8 Å². The molecule has 0 N–H and O–H groups in total. The van der Waals surface area contributed by atoms with Gasteiger partial charge in [0.1, 0.15) is 0 Å². The number of benzene rings is 1. The molecule has 1 saturated carbocycles. The van der Waals surface area contributed by atoms with Crippen molar-refractivity contribution in [2.24, 2.45) is 5.92 Å². The second-order valence-electron chi connectivity index (χ2n) is 5.64. The van der Waals surface area contributed by atoms with Crippen LogP contribution in [-0.2, 0) is 0 Å². The summed E-state index contributed by atoms with van der Waals surface area (Å²) in [7, 11) is 2.18. The molecule has 0 saturated heterocycles. The summed E-state index contributed by atoms with van der Waals surface area (Å²) >= 11 is 0. The number of hydrogen-bond donors (Lipinski definition) is 0. The predicted octanol–water partition coefficient (Wildman–Crippen LogP) is 3.88.